The van der Waals surface area contributed by atoms with Crippen molar-refractivity contribution in [3.05, 3.63) is 11.5 Å². The number of nitrogens with two attached hydrogens (primary N) is 1. The van der Waals surface area contributed by atoms with Crippen LogP contribution in [0.4, 0.5) is 0 Å². The van der Waals surface area contributed by atoms with E-state index < -0.39 is 0 Å². The second-order valence-corrected chi connectivity index (χ2v) is 6.71. The molecule has 17 heavy (non-hydrogen) atoms. The van der Waals surface area contributed by atoms with Gasteiger partial charge in [-0.1, -0.05) is 0 Å². The van der Waals surface area contributed by atoms with E-state index in [2.05, 4.69) is 22.9 Å². The Labute approximate surface area is 103 Å². The highest BCUT2D eigenvalue weighted by molar-refractivity contribution is 5.17. The molecule has 0 unspecified atom stereocenters. The van der Waals surface area contributed by atoms with Crippen molar-refractivity contribution in [3.63, 3.8) is 0 Å². The largest absolute Gasteiger partial charge is 0.383 e. The minimum Gasteiger partial charge on any atom is -0.383 e. The number of hydrogen-bond acceptors (Lipinski definition) is 4. The molecule has 0 atom stereocenters. The summed E-state index contributed by atoms with van der Waals surface area (Å²) in [7, 11) is 0. The van der Waals surface area contributed by atoms with Crippen LogP contribution in [0.5, 0.6) is 0 Å². The third-order valence-electron chi connectivity index (χ3n) is 5.51. The van der Waals surface area contributed by atoms with Crippen LogP contribution in [0, 0.1) is 17.8 Å². The smallest absolute Gasteiger partial charge is 0.133 e. The zero-order chi connectivity index (χ0) is 11.6. The summed E-state index contributed by atoms with van der Waals surface area (Å²) < 4.78 is 0. The van der Waals surface area contributed by atoms with Gasteiger partial charge in [0.2, 0.25) is 0 Å². The summed E-state index contributed by atoms with van der Waals surface area (Å²) in [6, 6.07) is 0. The molecular weight excluding hydrogens is 212 g/mol. The Morgan fingerprint density at radius 3 is 2.06 bits per heavy atom. The monoisotopic (exact) mass is 234 g/mol. The summed E-state index contributed by atoms with van der Waals surface area (Å²) in [6.45, 7) is 2.13. The van der Waals surface area contributed by atoms with Gasteiger partial charge in [0, 0.05) is 0 Å². The fraction of sp³-hybridized carbons (Fsp3) is 0.846. The van der Waals surface area contributed by atoms with Crippen LogP contribution in [0.1, 0.15) is 45.4 Å². The van der Waals surface area contributed by atoms with Crippen LogP contribution in [0.2, 0.25) is 0 Å². The van der Waals surface area contributed by atoms with Crippen molar-refractivity contribution in [2.24, 2.45) is 23.5 Å². The molecule has 4 heteroatoms. The van der Waals surface area contributed by atoms with E-state index in [1.807, 2.05) is 0 Å². The molecule has 4 fully saturated rings. The number of nitrogens with zero attached hydrogens (tertiary/aromatic N) is 1. The second kappa shape index (κ2) is 3.10. The van der Waals surface area contributed by atoms with E-state index in [-0.39, 0.29) is 0 Å². The SMILES string of the molecule is CC1=C(N)NNN1C12CC3CC(CC(C3)C1)C2. The number of allylic oxidation sites excluding steroid dienone is 1. The Morgan fingerprint density at radius 1 is 1.12 bits per heavy atom. The van der Waals surface area contributed by atoms with Gasteiger partial charge in [0.05, 0.1) is 11.2 Å². The molecule has 0 radical (unpaired) electrons. The number of hydrazine groups is 2. The van der Waals surface area contributed by atoms with Gasteiger partial charge in [0.1, 0.15) is 5.82 Å². The van der Waals surface area contributed by atoms with Crippen molar-refractivity contribution >= 4 is 0 Å². The third kappa shape index (κ3) is 1.27. The summed E-state index contributed by atoms with van der Waals surface area (Å²) >= 11 is 0. The van der Waals surface area contributed by atoms with Crippen LogP contribution < -0.4 is 16.7 Å². The van der Waals surface area contributed by atoms with E-state index in [0.717, 1.165) is 23.6 Å². The number of rotatable bonds is 1. The van der Waals surface area contributed by atoms with Gasteiger partial charge in [-0.05, 0) is 63.2 Å². The van der Waals surface area contributed by atoms with E-state index in [1.165, 1.54) is 44.2 Å². The van der Waals surface area contributed by atoms with Gasteiger partial charge in [0.15, 0.2) is 0 Å². The minimum absolute atomic E-state index is 0.354. The molecule has 0 aromatic rings. The lowest BCUT2D eigenvalue weighted by Gasteiger charge is -2.59. The molecular formula is C13H22N4. The average Bonchev–Trinajstić information content (AvgIpc) is 2.58. The molecule has 0 amide bonds. The molecule has 0 aromatic heterocycles. The summed E-state index contributed by atoms with van der Waals surface area (Å²) in [4.78, 5) is 0. The lowest BCUT2D eigenvalue weighted by atomic mass is 9.52. The van der Waals surface area contributed by atoms with Crippen LogP contribution in [-0.2, 0) is 0 Å². The van der Waals surface area contributed by atoms with Crippen molar-refractivity contribution in [1.82, 2.24) is 16.0 Å². The summed E-state index contributed by atoms with van der Waals surface area (Å²) in [5.41, 5.74) is 13.9. The van der Waals surface area contributed by atoms with Crippen molar-refractivity contribution in [2.75, 3.05) is 0 Å². The molecule has 1 aliphatic heterocycles. The number of hydrogen-bond donors (Lipinski definition) is 3. The maximum Gasteiger partial charge on any atom is 0.133 e. The molecule has 94 valence electrons. The Kier molecular flexibility index (Phi) is 1.84. The van der Waals surface area contributed by atoms with Crippen molar-refractivity contribution in [1.29, 1.82) is 0 Å². The predicted octanol–water partition coefficient (Wildman–Crippen LogP) is 1.43. The molecule has 0 saturated heterocycles. The molecule has 4 N–H and O–H groups in total. The van der Waals surface area contributed by atoms with Gasteiger partial charge in [-0.3, -0.25) is 10.4 Å². The van der Waals surface area contributed by atoms with E-state index >= 15 is 0 Å². The van der Waals surface area contributed by atoms with Gasteiger partial charge in [-0.2, -0.15) is 0 Å². The van der Waals surface area contributed by atoms with Gasteiger partial charge in [-0.15, -0.1) is 5.53 Å². The van der Waals surface area contributed by atoms with Gasteiger partial charge >= 0.3 is 0 Å². The fourth-order valence-corrected chi connectivity index (χ4v) is 5.22. The second-order valence-electron chi connectivity index (χ2n) is 6.71. The highest BCUT2D eigenvalue weighted by Gasteiger charge is 2.54. The Morgan fingerprint density at radius 2 is 1.65 bits per heavy atom. The molecule has 1 heterocycles. The standard InChI is InChI=1S/C13H22N4/c1-8-12(14)15-16-17(8)13-5-9-2-10(6-13)4-11(3-9)7-13/h9-11,15-16H,2-7,14H2,1H3. The molecule has 4 bridgehead atoms. The zero-order valence-corrected chi connectivity index (χ0v) is 10.5. The summed E-state index contributed by atoms with van der Waals surface area (Å²) in [6.07, 6.45) is 8.53. The van der Waals surface area contributed by atoms with Crippen molar-refractivity contribution in [3.8, 4) is 0 Å². The van der Waals surface area contributed by atoms with E-state index in [4.69, 9.17) is 5.73 Å². The highest BCUT2D eigenvalue weighted by Crippen LogP contribution is 2.58. The third-order valence-corrected chi connectivity index (χ3v) is 5.51. The zero-order valence-electron chi connectivity index (χ0n) is 10.5. The normalized spacial score (nSPS) is 47.8. The lowest BCUT2D eigenvalue weighted by Crippen LogP contribution is -2.62. The van der Waals surface area contributed by atoms with Gasteiger partial charge in [-0.25, -0.2) is 0 Å². The molecule has 5 aliphatic rings. The maximum absolute atomic E-state index is 5.95. The average molecular weight is 234 g/mol. The summed E-state index contributed by atoms with van der Waals surface area (Å²) in [5, 5.41) is 2.35. The first-order valence-corrected chi connectivity index (χ1v) is 6.94. The van der Waals surface area contributed by atoms with Crippen LogP contribution in [-0.4, -0.2) is 10.5 Å². The Balaban J connectivity index is 1.69. The van der Waals surface area contributed by atoms with E-state index in [1.54, 1.807) is 0 Å². The lowest BCUT2D eigenvalue weighted by molar-refractivity contribution is -0.0923. The van der Waals surface area contributed by atoms with Gasteiger partial charge in [0.25, 0.3) is 0 Å². The topological polar surface area (TPSA) is 53.3 Å². The molecule has 0 aromatic carbocycles. The molecule has 4 nitrogen and oxygen atoms in total. The first kappa shape index (κ1) is 10.1. The molecule has 4 aliphatic carbocycles. The number of nitrogens with one attached hydrogen (secondary N) is 2. The van der Waals surface area contributed by atoms with Crippen LogP contribution in [0.3, 0.4) is 0 Å². The quantitative estimate of drug-likeness (QED) is 0.642. The Bertz CT molecular complexity index is 352. The van der Waals surface area contributed by atoms with Crippen LogP contribution in [0.15, 0.2) is 11.5 Å². The Hall–Kier alpha value is -0.900. The molecule has 0 spiro atoms. The minimum atomic E-state index is 0.354. The highest BCUT2D eigenvalue weighted by atomic mass is 15.7. The van der Waals surface area contributed by atoms with Gasteiger partial charge < -0.3 is 5.73 Å². The fourth-order valence-electron chi connectivity index (χ4n) is 5.22. The maximum atomic E-state index is 5.95. The first-order chi connectivity index (χ1) is 8.16. The van der Waals surface area contributed by atoms with Crippen molar-refractivity contribution < 1.29 is 0 Å². The summed E-state index contributed by atoms with van der Waals surface area (Å²) in [5.74, 6) is 3.70. The predicted molar refractivity (Wildman–Crippen MR) is 65.9 cm³/mol. The van der Waals surface area contributed by atoms with E-state index in [9.17, 15) is 0 Å². The van der Waals surface area contributed by atoms with Crippen LogP contribution in [0.25, 0.3) is 0 Å². The molecule has 5 rings (SSSR count). The first-order valence-electron chi connectivity index (χ1n) is 6.94. The van der Waals surface area contributed by atoms with E-state index in [0.29, 0.717) is 5.54 Å². The van der Waals surface area contributed by atoms with Crippen molar-refractivity contribution in [2.45, 2.75) is 51.0 Å². The molecule has 4 saturated carbocycles. The van der Waals surface area contributed by atoms with Crippen LogP contribution >= 0.6 is 0 Å².